The summed E-state index contributed by atoms with van der Waals surface area (Å²) in [5.74, 6) is 1.24. The minimum Gasteiger partial charge on any atom is -0.477 e. The molecule has 0 aromatic carbocycles. The maximum absolute atomic E-state index is 10.3. The van der Waals surface area contributed by atoms with Crippen LogP contribution in [0, 0.1) is 0 Å². The van der Waals surface area contributed by atoms with Crippen molar-refractivity contribution in [2.45, 2.75) is 0 Å². The minimum atomic E-state index is -1.35. The Morgan fingerprint density at radius 2 is 1.07 bits per heavy atom. The van der Waals surface area contributed by atoms with E-state index in [9.17, 15) is 14.4 Å². The van der Waals surface area contributed by atoms with Crippen LogP contribution >= 0.6 is 0 Å². The molecule has 14 heavy (non-hydrogen) atoms. The minimum absolute atomic E-state index is 0.751. The zero-order valence-corrected chi connectivity index (χ0v) is 7.21. The number of carboxylic acid groups (broad SMARTS) is 3. The van der Waals surface area contributed by atoms with Crippen molar-refractivity contribution in [2.24, 2.45) is 5.84 Å². The fourth-order valence-electron chi connectivity index (χ4n) is 0.976. The molecule has 0 unspecified atom stereocenters. The van der Waals surface area contributed by atoms with Gasteiger partial charge in [0.15, 0.2) is 19.6 Å². The van der Waals surface area contributed by atoms with E-state index >= 15 is 0 Å². The smallest absolute Gasteiger partial charge is 0.361 e. The van der Waals surface area contributed by atoms with Gasteiger partial charge in [-0.15, -0.1) is 0 Å². The highest BCUT2D eigenvalue weighted by Crippen LogP contribution is 1.97. The number of hydrogen-bond donors (Lipinski definition) is 4. The van der Waals surface area contributed by atoms with Gasteiger partial charge < -0.3 is 15.3 Å². The van der Waals surface area contributed by atoms with E-state index in [1.54, 1.807) is 0 Å². The molecule has 8 nitrogen and oxygen atoms in total. The van der Waals surface area contributed by atoms with E-state index in [0.717, 1.165) is 0 Å². The van der Waals surface area contributed by atoms with Gasteiger partial charge in [-0.1, -0.05) is 0 Å². The second kappa shape index (κ2) is 4.53. The van der Waals surface area contributed by atoms with Gasteiger partial charge in [0.05, 0.1) is 0 Å². The average molecular weight is 207 g/mol. The van der Waals surface area contributed by atoms with Crippen LogP contribution in [-0.2, 0) is 14.4 Å². The number of hydrogen-bond acceptors (Lipinski definition) is 4. The summed E-state index contributed by atoms with van der Waals surface area (Å²) < 4.78 is -1.06. The molecular formula is C6H11N2O6+. The SMILES string of the molecule is N[N+](CC(=O)O)(CC(=O)O)CC(=O)O. The first-order valence-electron chi connectivity index (χ1n) is 3.55. The summed E-state index contributed by atoms with van der Waals surface area (Å²) in [4.78, 5) is 30.9. The van der Waals surface area contributed by atoms with Crippen LogP contribution in [-0.4, -0.2) is 57.5 Å². The number of nitrogens with two attached hydrogens (primary N) is 1. The first-order chi connectivity index (χ1) is 6.25. The van der Waals surface area contributed by atoms with Gasteiger partial charge >= 0.3 is 17.9 Å². The number of aliphatic carboxylic acids is 3. The molecule has 8 heteroatoms. The van der Waals surface area contributed by atoms with Crippen molar-refractivity contribution in [3.05, 3.63) is 0 Å². The zero-order valence-electron chi connectivity index (χ0n) is 7.21. The van der Waals surface area contributed by atoms with Crippen LogP contribution in [0.2, 0.25) is 0 Å². The van der Waals surface area contributed by atoms with E-state index in [-0.39, 0.29) is 0 Å². The van der Waals surface area contributed by atoms with Gasteiger partial charge in [0.25, 0.3) is 0 Å². The van der Waals surface area contributed by atoms with Crippen molar-refractivity contribution >= 4 is 17.9 Å². The van der Waals surface area contributed by atoms with E-state index in [2.05, 4.69) is 0 Å². The lowest BCUT2D eigenvalue weighted by Gasteiger charge is -2.27. The Kier molecular flexibility index (Phi) is 3.99. The van der Waals surface area contributed by atoms with Gasteiger partial charge in [0.2, 0.25) is 0 Å². The maximum atomic E-state index is 10.3. The molecule has 0 atom stereocenters. The first-order valence-corrected chi connectivity index (χ1v) is 3.55. The number of quaternary nitrogens is 1. The molecule has 0 saturated heterocycles. The normalized spacial score (nSPS) is 10.9. The molecule has 0 aromatic rings. The monoisotopic (exact) mass is 207 g/mol. The molecule has 80 valence electrons. The fraction of sp³-hybridized carbons (Fsp3) is 0.500. The van der Waals surface area contributed by atoms with Crippen LogP contribution in [0.5, 0.6) is 0 Å². The van der Waals surface area contributed by atoms with Crippen LogP contribution in [0.15, 0.2) is 0 Å². The van der Waals surface area contributed by atoms with E-state index < -0.39 is 42.1 Å². The second-order valence-corrected chi connectivity index (χ2v) is 2.87. The molecule has 0 amide bonds. The van der Waals surface area contributed by atoms with Crippen LogP contribution in [0.1, 0.15) is 0 Å². The Hall–Kier alpha value is -1.67. The van der Waals surface area contributed by atoms with E-state index in [1.807, 2.05) is 0 Å². The van der Waals surface area contributed by atoms with E-state index in [4.69, 9.17) is 21.2 Å². The van der Waals surface area contributed by atoms with Gasteiger partial charge in [-0.3, -0.25) is 0 Å². The lowest BCUT2D eigenvalue weighted by molar-refractivity contribution is -0.919. The largest absolute Gasteiger partial charge is 0.477 e. The van der Waals surface area contributed by atoms with Crippen molar-refractivity contribution in [1.29, 1.82) is 0 Å². The molecule has 0 bridgehead atoms. The molecular weight excluding hydrogens is 196 g/mol. The standard InChI is InChI=1S/C6H10N2O6/c7-8(1-4(9)10,2-5(11)12)3-6(13)14/h1-3,7H2,(H2-,9,10,11,12,13,14)/p+1. The highest BCUT2D eigenvalue weighted by Gasteiger charge is 2.32. The van der Waals surface area contributed by atoms with Crippen LogP contribution in [0.25, 0.3) is 0 Å². The third-order valence-electron chi connectivity index (χ3n) is 1.35. The lowest BCUT2D eigenvalue weighted by atomic mass is 10.4. The third kappa shape index (κ3) is 5.06. The summed E-state index contributed by atoms with van der Waals surface area (Å²) in [6.45, 7) is -2.25. The first kappa shape index (κ1) is 12.3. The number of carboxylic acids is 3. The molecule has 0 fully saturated rings. The van der Waals surface area contributed by atoms with Gasteiger partial charge in [-0.2, -0.15) is 5.84 Å². The van der Waals surface area contributed by atoms with Gasteiger partial charge in [-0.25, -0.2) is 19.0 Å². The zero-order chi connectivity index (χ0) is 11.4. The van der Waals surface area contributed by atoms with Crippen molar-refractivity contribution in [2.75, 3.05) is 19.6 Å². The molecule has 0 radical (unpaired) electrons. The van der Waals surface area contributed by atoms with Crippen molar-refractivity contribution in [3.63, 3.8) is 0 Å². The van der Waals surface area contributed by atoms with Crippen LogP contribution in [0.4, 0.5) is 0 Å². The second-order valence-electron chi connectivity index (χ2n) is 2.87. The van der Waals surface area contributed by atoms with Crippen LogP contribution < -0.4 is 5.84 Å². The van der Waals surface area contributed by atoms with Crippen LogP contribution in [0.3, 0.4) is 0 Å². The van der Waals surface area contributed by atoms with Crippen molar-refractivity contribution < 1.29 is 34.3 Å². The molecule has 0 saturated carbocycles. The van der Waals surface area contributed by atoms with Gasteiger partial charge in [-0.05, 0) is 0 Å². The Bertz CT molecular complexity index is 222. The fourth-order valence-corrected chi connectivity index (χ4v) is 0.976. The Balaban J connectivity index is 4.56. The topological polar surface area (TPSA) is 138 Å². The average Bonchev–Trinajstić information content (AvgIpc) is 1.76. The molecule has 5 N–H and O–H groups in total. The third-order valence-corrected chi connectivity index (χ3v) is 1.35. The molecule has 0 rings (SSSR count). The molecule has 0 aliphatic heterocycles. The number of nitrogens with zero attached hydrogens (tertiary/aromatic N) is 1. The van der Waals surface area contributed by atoms with Crippen molar-refractivity contribution in [1.82, 2.24) is 0 Å². The number of carbonyl (C=O) groups is 3. The Labute approximate surface area is 78.7 Å². The summed E-state index contributed by atoms with van der Waals surface area (Å²) in [6.07, 6.45) is 0. The summed E-state index contributed by atoms with van der Waals surface area (Å²) >= 11 is 0. The molecule has 0 heterocycles. The molecule has 0 aromatic heterocycles. The highest BCUT2D eigenvalue weighted by atomic mass is 16.4. The summed E-state index contributed by atoms with van der Waals surface area (Å²) in [7, 11) is 0. The predicted molar refractivity (Wildman–Crippen MR) is 42.0 cm³/mol. The maximum Gasteiger partial charge on any atom is 0.361 e. The quantitative estimate of drug-likeness (QED) is 0.223. The van der Waals surface area contributed by atoms with Gasteiger partial charge in [0, 0.05) is 0 Å². The summed E-state index contributed by atoms with van der Waals surface area (Å²) in [6, 6.07) is 0. The van der Waals surface area contributed by atoms with Crippen molar-refractivity contribution in [3.8, 4) is 0 Å². The Morgan fingerprint density at radius 3 is 1.21 bits per heavy atom. The molecule has 0 spiro atoms. The molecule has 0 aliphatic carbocycles. The van der Waals surface area contributed by atoms with E-state index in [1.165, 1.54) is 0 Å². The summed E-state index contributed by atoms with van der Waals surface area (Å²) in [5, 5.41) is 25.2. The molecule has 0 aliphatic rings. The van der Waals surface area contributed by atoms with Gasteiger partial charge in [0.1, 0.15) is 0 Å². The predicted octanol–water partition coefficient (Wildman–Crippen LogP) is -2.07. The van der Waals surface area contributed by atoms with E-state index in [0.29, 0.717) is 0 Å². The highest BCUT2D eigenvalue weighted by molar-refractivity contribution is 5.72. The lowest BCUT2D eigenvalue weighted by Crippen LogP contribution is -2.61. The number of rotatable bonds is 6. The Morgan fingerprint density at radius 1 is 0.857 bits per heavy atom. The summed E-state index contributed by atoms with van der Waals surface area (Å²) in [5.41, 5.74) is 0.